The van der Waals surface area contributed by atoms with Crippen LogP contribution in [0.1, 0.15) is 209 Å². The maximum absolute atomic E-state index is 14.2. The molecule has 0 spiro atoms. The molecule has 45 heteroatoms. The average molecular weight is 1920 g/mol. The van der Waals surface area contributed by atoms with E-state index in [1.807, 2.05) is 30.3 Å². The smallest absolute Gasteiger partial charge is 0.306 e. The minimum absolute atomic E-state index is 0.0946. The Hall–Kier alpha value is -9.78. The summed E-state index contributed by atoms with van der Waals surface area (Å²) in [7, 11) is 0. The first-order valence-corrected chi connectivity index (χ1v) is 46.4. The molecule has 6 saturated heterocycles. The lowest BCUT2D eigenvalue weighted by molar-refractivity contribution is -0.254. The minimum atomic E-state index is -1.45. The number of ether oxygens (including phenoxy) is 18. The van der Waals surface area contributed by atoms with E-state index in [1.165, 1.54) is 62.3 Å². The summed E-state index contributed by atoms with van der Waals surface area (Å²) < 4.78 is 105. The van der Waals surface area contributed by atoms with Gasteiger partial charge in [0, 0.05) is 160 Å². The SMILES string of the molecule is CC(=O)N[C@H]1[C@@H]2OC[C@](COCCCCC(=O)NCCCNC(=O)CCOCC(COCCC(=O)NCCCNOC[C@@]34CO[C@@H](O3)[C@H](NC(C)=O)[C@@H](OC(C)=O)[C@H]4OC(C)=O)(COCCC(=O)NCCCNC(=O)CCCCOC[C@@]34CO[C@@H](O3)[C@H](NC(C)=O)[C@@H](OC(C)=O)[C@H]4OC(C)=O)NC(=O)CCCCCCCCCCC(=O)OCc3ccccc3)(O2)[C@H](OC(C)=O)[C@@H]1OC(C)=O. The minimum Gasteiger partial charge on any atom is -0.461 e. The van der Waals surface area contributed by atoms with Crippen LogP contribution >= 0.6 is 0 Å². The number of hydroxylamine groups is 1. The predicted molar refractivity (Wildman–Crippen MR) is 469 cm³/mol. The molecule has 6 aliphatic rings. The van der Waals surface area contributed by atoms with Crippen molar-refractivity contribution in [3.63, 3.8) is 0 Å². The first-order chi connectivity index (χ1) is 64.6. The first-order valence-electron chi connectivity index (χ1n) is 46.4. The van der Waals surface area contributed by atoms with Gasteiger partial charge in [0.2, 0.25) is 53.2 Å². The summed E-state index contributed by atoms with van der Waals surface area (Å²) in [6.45, 7) is 10.7. The van der Waals surface area contributed by atoms with Crippen molar-refractivity contribution in [1.82, 2.24) is 53.3 Å². The monoisotopic (exact) mass is 1920 g/mol. The van der Waals surface area contributed by atoms with Crippen LogP contribution in [0.25, 0.3) is 0 Å². The van der Waals surface area contributed by atoms with E-state index in [2.05, 4.69) is 53.3 Å². The van der Waals surface area contributed by atoms with Crippen LogP contribution in [-0.4, -0.2) is 323 Å². The molecule has 1 aromatic rings. The molecule has 0 radical (unpaired) electrons. The van der Waals surface area contributed by atoms with Crippen molar-refractivity contribution >= 4 is 94.9 Å². The summed E-state index contributed by atoms with van der Waals surface area (Å²) in [5.41, 5.74) is -1.90. The Morgan fingerprint density at radius 1 is 0.341 bits per heavy atom. The molecule has 760 valence electrons. The van der Waals surface area contributed by atoms with Gasteiger partial charge in [-0.25, -0.2) is 5.48 Å². The maximum Gasteiger partial charge on any atom is 0.306 e. The fourth-order valence-electron chi connectivity index (χ4n) is 16.1. The molecule has 0 aromatic heterocycles. The molecule has 45 nitrogen and oxygen atoms in total. The van der Waals surface area contributed by atoms with Gasteiger partial charge in [0.1, 0.15) is 36.9 Å². The van der Waals surface area contributed by atoms with Gasteiger partial charge >= 0.3 is 41.8 Å². The Kier molecular flexibility index (Phi) is 49.4. The second kappa shape index (κ2) is 59.4. The Labute approximate surface area is 785 Å². The second-order valence-electron chi connectivity index (χ2n) is 34.3. The lowest BCUT2D eigenvalue weighted by Gasteiger charge is -2.45. The molecular formula is C90H140N10O35. The van der Waals surface area contributed by atoms with Crippen molar-refractivity contribution in [1.29, 1.82) is 0 Å². The number of hydrogen-bond acceptors (Lipinski definition) is 36. The van der Waals surface area contributed by atoms with E-state index in [0.717, 1.165) is 44.1 Å². The highest BCUT2D eigenvalue weighted by Crippen LogP contribution is 2.44. The van der Waals surface area contributed by atoms with Crippen molar-refractivity contribution < 1.29 is 167 Å². The zero-order chi connectivity index (χ0) is 98.2. The van der Waals surface area contributed by atoms with E-state index in [0.29, 0.717) is 64.2 Å². The van der Waals surface area contributed by atoms with Crippen molar-refractivity contribution in [2.24, 2.45) is 0 Å². The lowest BCUT2D eigenvalue weighted by atomic mass is 9.87. The predicted octanol–water partition coefficient (Wildman–Crippen LogP) is 0.832. The number of amides is 9. The van der Waals surface area contributed by atoms with E-state index in [4.69, 9.17) is 90.1 Å². The Morgan fingerprint density at radius 2 is 0.659 bits per heavy atom. The highest BCUT2D eigenvalue weighted by molar-refractivity contribution is 5.80. The largest absolute Gasteiger partial charge is 0.461 e. The number of carbonyl (C=O) groups excluding carboxylic acids is 16. The summed E-state index contributed by atoms with van der Waals surface area (Å²) in [6.07, 6.45) is -0.490. The normalized spacial score (nSPS) is 24.3. The lowest BCUT2D eigenvalue weighted by Crippen LogP contribution is -2.68. The highest BCUT2D eigenvalue weighted by Gasteiger charge is 2.66. The van der Waals surface area contributed by atoms with Crippen LogP contribution in [0.3, 0.4) is 0 Å². The standard InChI is InChI=1S/C90H140N10O35/c1-58(101)97-75-78(127-61(4)104)81(130-64(7)107)88(54-123-84(75)133-88)52-117-43-23-21-30-68(110)91-37-25-39-93-70(112)34-45-119-49-87(100-73(115)32-19-14-12-10-11-13-15-20-33-74(116)122-48-67-28-17-16-18-29-67,51-121-47-36-72(114)95-41-27-42-96-126-57-90-56-125-86(135-90)77(99-60(3)103)80(129-63(6)106)83(90)132-66(9)109)50-120-46-35-71(113)94-40-26-38-92-69(111)31-22-24-44-118-53-89-55-124-85(134-89)76(98-59(2)102)79(128-62(5)105)82(89)131-65(8)108/h16-18,28-29,75-86,96H,10-15,19-27,30-57H2,1-9H3,(H,91,110)(H,92,111)(H,93,112)(H,94,113)(H,95,114)(H,97,101)(H,98,102)(H,99,103)(H,100,115)/t75-,76-,77-,78-,79-,80-,81-,82-,83-,84-,85+,86+,87?,88+,89+,90-/m1/s1. The van der Waals surface area contributed by atoms with Crippen LogP contribution in [0.4, 0.5) is 0 Å². The molecule has 6 heterocycles. The van der Waals surface area contributed by atoms with Gasteiger partial charge in [0.05, 0.1) is 72.7 Å². The van der Waals surface area contributed by atoms with Crippen LogP contribution in [0.2, 0.25) is 0 Å². The van der Waals surface area contributed by atoms with Gasteiger partial charge in [0.25, 0.3) is 0 Å². The summed E-state index contributed by atoms with van der Waals surface area (Å²) in [4.78, 5) is 208. The van der Waals surface area contributed by atoms with Gasteiger partial charge in [-0.05, 0) is 63.4 Å². The second-order valence-corrected chi connectivity index (χ2v) is 34.3. The summed E-state index contributed by atoms with van der Waals surface area (Å²) in [5.74, 6) is -7.75. The van der Waals surface area contributed by atoms with Crippen LogP contribution in [0, 0.1) is 0 Å². The fourth-order valence-corrected chi connectivity index (χ4v) is 16.1. The van der Waals surface area contributed by atoms with Gasteiger partial charge in [-0.3, -0.25) is 81.6 Å². The molecule has 1 aromatic carbocycles. The third-order valence-corrected chi connectivity index (χ3v) is 22.3. The highest BCUT2D eigenvalue weighted by atomic mass is 16.8. The number of nitrogens with one attached hydrogen (secondary N) is 10. The molecule has 16 atom stereocenters. The molecule has 0 aliphatic carbocycles. The number of benzene rings is 1. The molecule has 7 rings (SSSR count). The number of hydrogen-bond donors (Lipinski definition) is 10. The zero-order valence-corrected chi connectivity index (χ0v) is 79.0. The van der Waals surface area contributed by atoms with E-state index >= 15 is 0 Å². The molecule has 10 N–H and O–H groups in total. The van der Waals surface area contributed by atoms with Crippen molar-refractivity contribution in [2.45, 2.75) is 306 Å². The third-order valence-electron chi connectivity index (χ3n) is 22.3. The van der Waals surface area contributed by atoms with E-state index in [9.17, 15) is 76.7 Å². The maximum atomic E-state index is 14.2. The van der Waals surface area contributed by atoms with E-state index in [-0.39, 0.29) is 218 Å². The summed E-state index contributed by atoms with van der Waals surface area (Å²) in [5, 5.41) is 25.2. The Morgan fingerprint density at radius 3 is 1.01 bits per heavy atom. The molecule has 9 amide bonds. The summed E-state index contributed by atoms with van der Waals surface area (Å²) in [6, 6.07) is 6.51. The fraction of sp³-hybridized carbons (Fsp3) is 0.756. The number of carbonyl (C=O) groups is 16. The average Bonchev–Trinajstić information content (AvgIpc) is 1.61. The van der Waals surface area contributed by atoms with Crippen LogP contribution in [0.15, 0.2) is 30.3 Å². The van der Waals surface area contributed by atoms with Crippen LogP contribution in [0.5, 0.6) is 0 Å². The van der Waals surface area contributed by atoms with Gasteiger partial charge in [-0.1, -0.05) is 68.9 Å². The molecule has 6 fully saturated rings. The van der Waals surface area contributed by atoms with Gasteiger partial charge < -0.3 is 133 Å². The number of rotatable bonds is 67. The van der Waals surface area contributed by atoms with Crippen LogP contribution < -0.4 is 53.3 Å². The van der Waals surface area contributed by atoms with Gasteiger partial charge in [0.15, 0.2) is 72.3 Å². The number of unbranched alkanes of at least 4 members (excludes halogenated alkanes) is 9. The topological polar surface area (TPSA) is 569 Å². The zero-order valence-electron chi connectivity index (χ0n) is 79.0. The number of esters is 7. The molecule has 135 heavy (non-hydrogen) atoms. The third kappa shape index (κ3) is 40.1. The molecule has 6 aliphatic heterocycles. The Balaban J connectivity index is 0.885. The first kappa shape index (κ1) is 112. The van der Waals surface area contributed by atoms with E-state index in [1.54, 1.807) is 0 Å². The molecule has 0 saturated carbocycles. The van der Waals surface area contributed by atoms with Crippen molar-refractivity contribution in [2.75, 3.05) is 132 Å². The molecule has 6 bridgehead atoms. The molecule has 1 unspecified atom stereocenters. The summed E-state index contributed by atoms with van der Waals surface area (Å²) >= 11 is 0. The van der Waals surface area contributed by atoms with Gasteiger partial charge in [-0.2, -0.15) is 0 Å². The Bertz CT molecular complexity index is 3850. The van der Waals surface area contributed by atoms with Crippen LogP contribution in [-0.2, 0) is 173 Å². The quantitative estimate of drug-likeness (QED) is 0.0187. The van der Waals surface area contributed by atoms with Crippen molar-refractivity contribution in [3.8, 4) is 0 Å². The number of fused-ring (bicyclic) bond motifs is 6. The van der Waals surface area contributed by atoms with Gasteiger partial charge in [-0.15, -0.1) is 0 Å². The van der Waals surface area contributed by atoms with E-state index < -0.39 is 149 Å². The van der Waals surface area contributed by atoms with Crippen molar-refractivity contribution in [3.05, 3.63) is 35.9 Å². The molecular weight excluding hydrogens is 1780 g/mol.